The zero-order valence-electron chi connectivity index (χ0n) is 29.0. The molecule has 1 aromatic heterocycles. The molecule has 53 heavy (non-hydrogen) atoms. The van der Waals surface area contributed by atoms with E-state index in [4.69, 9.17) is 0 Å². The van der Waals surface area contributed by atoms with Crippen LogP contribution in [0, 0.1) is 11.8 Å². The number of para-hydroxylation sites is 5. The zero-order chi connectivity index (χ0) is 35.4. The third-order valence-electron chi connectivity index (χ3n) is 9.56. The van der Waals surface area contributed by atoms with E-state index < -0.39 is 0 Å². The van der Waals surface area contributed by atoms with Crippen LogP contribution in [0.5, 0.6) is 0 Å². The van der Waals surface area contributed by atoms with Gasteiger partial charge in [-0.1, -0.05) is 115 Å². The average molecular weight is 678 g/mol. The second kappa shape index (κ2) is 14.2. The van der Waals surface area contributed by atoms with Gasteiger partial charge in [0.2, 0.25) is 0 Å². The summed E-state index contributed by atoms with van der Waals surface area (Å²) in [6, 6.07) is 74.5. The fourth-order valence-corrected chi connectivity index (χ4v) is 7.12. The lowest BCUT2D eigenvalue weighted by atomic mass is 10.1. The van der Waals surface area contributed by atoms with Crippen LogP contribution in [-0.4, -0.2) is 4.57 Å². The Morgan fingerprint density at radius 3 is 1.17 bits per heavy atom. The summed E-state index contributed by atoms with van der Waals surface area (Å²) in [4.78, 5) is 4.57. The number of fused-ring (bicyclic) bond motifs is 3. The van der Waals surface area contributed by atoms with Crippen molar-refractivity contribution in [2.75, 3.05) is 9.80 Å². The van der Waals surface area contributed by atoms with E-state index in [9.17, 15) is 0 Å². The minimum absolute atomic E-state index is 0.963. The fraction of sp³-hybridized carbons (Fsp3) is 0. The van der Waals surface area contributed by atoms with Gasteiger partial charge in [0.25, 0.3) is 0 Å². The van der Waals surface area contributed by atoms with Crippen molar-refractivity contribution in [1.29, 1.82) is 0 Å². The summed E-state index contributed by atoms with van der Waals surface area (Å²) in [5.41, 5.74) is 11.9. The van der Waals surface area contributed by atoms with E-state index >= 15 is 0 Å². The van der Waals surface area contributed by atoms with Crippen LogP contribution in [0.2, 0.25) is 0 Å². The Labute approximate surface area is 310 Å². The molecule has 0 unspecified atom stereocenters. The van der Waals surface area contributed by atoms with Crippen molar-refractivity contribution in [3.63, 3.8) is 0 Å². The topological polar surface area (TPSA) is 11.4 Å². The number of hydrogen-bond acceptors (Lipinski definition) is 2. The first-order chi connectivity index (χ1) is 26.3. The average Bonchev–Trinajstić information content (AvgIpc) is 3.55. The summed E-state index contributed by atoms with van der Waals surface area (Å²) in [6.07, 6.45) is 0. The highest BCUT2D eigenvalue weighted by Crippen LogP contribution is 2.40. The zero-order valence-corrected chi connectivity index (χ0v) is 29.0. The van der Waals surface area contributed by atoms with Gasteiger partial charge in [0.15, 0.2) is 0 Å². The molecule has 0 saturated carbocycles. The van der Waals surface area contributed by atoms with Gasteiger partial charge < -0.3 is 14.4 Å². The Hall–Kier alpha value is -7.28. The second-order valence-electron chi connectivity index (χ2n) is 12.9. The van der Waals surface area contributed by atoms with E-state index in [0.29, 0.717) is 0 Å². The minimum Gasteiger partial charge on any atom is -0.311 e. The molecule has 0 spiro atoms. The Bertz CT molecular complexity index is 2610. The molecular weight excluding hydrogens is 643 g/mol. The Morgan fingerprint density at radius 1 is 0.302 bits per heavy atom. The molecule has 1 heterocycles. The molecule has 8 aromatic carbocycles. The van der Waals surface area contributed by atoms with E-state index in [1.54, 1.807) is 0 Å². The quantitative estimate of drug-likeness (QED) is 0.156. The molecule has 0 bridgehead atoms. The normalized spacial score (nSPS) is 10.9. The monoisotopic (exact) mass is 677 g/mol. The summed E-state index contributed by atoms with van der Waals surface area (Å²) in [7, 11) is 0. The first-order valence-corrected chi connectivity index (χ1v) is 17.9. The van der Waals surface area contributed by atoms with Gasteiger partial charge in [-0.3, -0.25) is 0 Å². The maximum absolute atomic E-state index is 3.48. The van der Waals surface area contributed by atoms with E-state index in [2.05, 4.69) is 226 Å². The van der Waals surface area contributed by atoms with Crippen molar-refractivity contribution < 1.29 is 0 Å². The summed E-state index contributed by atoms with van der Waals surface area (Å²) >= 11 is 0. The predicted molar refractivity (Wildman–Crippen MR) is 223 cm³/mol. The van der Waals surface area contributed by atoms with Crippen molar-refractivity contribution in [1.82, 2.24) is 4.57 Å². The van der Waals surface area contributed by atoms with Gasteiger partial charge in [0.1, 0.15) is 0 Å². The van der Waals surface area contributed by atoms with Crippen molar-refractivity contribution in [3.05, 3.63) is 223 Å². The smallest absolute Gasteiger partial charge is 0.0561 e. The number of anilines is 6. The molecule has 0 atom stereocenters. The van der Waals surface area contributed by atoms with Crippen molar-refractivity contribution >= 4 is 55.9 Å². The molecule has 0 radical (unpaired) electrons. The van der Waals surface area contributed by atoms with Crippen LogP contribution in [0.15, 0.2) is 212 Å². The van der Waals surface area contributed by atoms with Gasteiger partial charge in [-0.2, -0.15) is 0 Å². The molecule has 0 aliphatic heterocycles. The van der Waals surface area contributed by atoms with E-state index in [1.165, 1.54) is 10.8 Å². The second-order valence-corrected chi connectivity index (χ2v) is 12.9. The van der Waals surface area contributed by atoms with E-state index in [1.807, 2.05) is 12.1 Å². The lowest BCUT2D eigenvalue weighted by Crippen LogP contribution is -2.09. The lowest BCUT2D eigenvalue weighted by Gasteiger charge is -2.25. The molecule has 0 saturated heterocycles. The van der Waals surface area contributed by atoms with Crippen molar-refractivity contribution in [2.24, 2.45) is 0 Å². The maximum atomic E-state index is 3.48. The van der Waals surface area contributed by atoms with Crippen molar-refractivity contribution in [3.8, 4) is 17.5 Å². The van der Waals surface area contributed by atoms with Gasteiger partial charge >= 0.3 is 0 Å². The summed E-state index contributed by atoms with van der Waals surface area (Å²) in [5, 5.41) is 2.39. The van der Waals surface area contributed by atoms with Gasteiger partial charge in [0.05, 0.1) is 11.0 Å². The van der Waals surface area contributed by atoms with Gasteiger partial charge in [0, 0.05) is 61.7 Å². The van der Waals surface area contributed by atoms with Crippen LogP contribution in [0.3, 0.4) is 0 Å². The molecule has 9 rings (SSSR count). The van der Waals surface area contributed by atoms with Crippen LogP contribution < -0.4 is 9.80 Å². The fourth-order valence-electron chi connectivity index (χ4n) is 7.12. The Balaban J connectivity index is 1.11. The van der Waals surface area contributed by atoms with Gasteiger partial charge in [-0.25, -0.2) is 0 Å². The van der Waals surface area contributed by atoms with Crippen LogP contribution in [0.1, 0.15) is 11.1 Å². The molecule has 3 heteroatoms. The number of rotatable bonds is 7. The largest absolute Gasteiger partial charge is 0.311 e. The Morgan fingerprint density at radius 2 is 0.660 bits per heavy atom. The Kier molecular flexibility index (Phi) is 8.46. The number of hydrogen-bond donors (Lipinski definition) is 0. The molecule has 0 aliphatic rings. The highest BCUT2D eigenvalue weighted by atomic mass is 15.1. The molecule has 0 fully saturated rings. The third-order valence-corrected chi connectivity index (χ3v) is 9.56. The first kappa shape index (κ1) is 31.7. The minimum atomic E-state index is 0.963. The molecular formula is C50H35N3. The molecule has 0 amide bonds. The summed E-state index contributed by atoms with van der Waals surface area (Å²) in [6.45, 7) is 0. The third kappa shape index (κ3) is 6.31. The standard InChI is InChI=1S/C50H35N3/c1-6-16-40(17-7-1)51(41-18-8-2-9-19-41)45-31-28-38(29-32-45)26-27-39-30-34-47-48-35-33-46(37-50(48)53(49(47)36-39)44-24-14-5-15-25-44)52(42-20-10-3-11-21-42)43-22-12-4-13-23-43/h1-25,28-37H. The van der Waals surface area contributed by atoms with Gasteiger partial charge in [-0.05, 0) is 109 Å². The van der Waals surface area contributed by atoms with Gasteiger partial charge in [-0.15, -0.1) is 0 Å². The van der Waals surface area contributed by atoms with E-state index in [0.717, 1.165) is 62.0 Å². The highest BCUT2D eigenvalue weighted by Gasteiger charge is 2.18. The first-order valence-electron chi connectivity index (χ1n) is 17.9. The molecule has 3 nitrogen and oxygen atoms in total. The molecule has 0 N–H and O–H groups in total. The predicted octanol–water partition coefficient (Wildman–Crippen LogP) is 13.1. The van der Waals surface area contributed by atoms with Crippen LogP contribution in [0.25, 0.3) is 27.5 Å². The SMILES string of the molecule is C(#Cc1ccc2c3ccc(N(c4ccccc4)c4ccccc4)cc3n(-c3ccccc3)c2c1)c1ccc(N(c2ccccc2)c2ccccc2)cc1. The number of aromatic nitrogens is 1. The molecule has 9 aromatic rings. The summed E-state index contributed by atoms with van der Waals surface area (Å²) in [5.74, 6) is 6.92. The molecule has 0 aliphatic carbocycles. The summed E-state index contributed by atoms with van der Waals surface area (Å²) < 4.78 is 2.37. The van der Waals surface area contributed by atoms with Crippen LogP contribution in [0.4, 0.5) is 34.1 Å². The number of nitrogens with zero attached hydrogens (tertiary/aromatic N) is 3. The maximum Gasteiger partial charge on any atom is 0.0561 e. The highest BCUT2D eigenvalue weighted by molar-refractivity contribution is 6.10. The van der Waals surface area contributed by atoms with Crippen molar-refractivity contribution in [2.45, 2.75) is 0 Å². The molecule has 250 valence electrons. The number of benzene rings is 8. The van der Waals surface area contributed by atoms with E-state index in [-0.39, 0.29) is 0 Å². The van der Waals surface area contributed by atoms with Crippen LogP contribution >= 0.6 is 0 Å². The lowest BCUT2D eigenvalue weighted by molar-refractivity contribution is 1.18. The van der Waals surface area contributed by atoms with Crippen LogP contribution in [-0.2, 0) is 0 Å².